The van der Waals surface area contributed by atoms with Crippen molar-refractivity contribution < 1.29 is 44.3 Å². The quantitative estimate of drug-likeness (QED) is 0.160. The van der Waals surface area contributed by atoms with Gasteiger partial charge in [-0.05, 0) is 30.4 Å². The minimum atomic E-state index is -5.10. The largest absolute Gasteiger partial charge is 0.393 e. The Balaban J connectivity index is 1.57. The van der Waals surface area contributed by atoms with Crippen molar-refractivity contribution in [1.82, 2.24) is 19.7 Å². The second kappa shape index (κ2) is 10.1. The SMILES string of the molecule is C[C@@H]1CCC[C@@H]1Nc1nc(Cl)nc2c1cnn2[C@@H]1OC(COC(CO)(CO)P(=O)(O)O)[C@@H](O)[C@H]1O. The maximum atomic E-state index is 11.7. The van der Waals surface area contributed by atoms with Gasteiger partial charge in [0.25, 0.3) is 0 Å². The highest BCUT2D eigenvalue weighted by Crippen LogP contribution is 2.51. The van der Waals surface area contributed by atoms with E-state index in [0.29, 0.717) is 17.1 Å². The Kier molecular flexibility index (Phi) is 7.70. The van der Waals surface area contributed by atoms with Crippen molar-refractivity contribution in [3.8, 4) is 0 Å². The number of nitrogens with one attached hydrogen (secondary N) is 1. The second-order valence-corrected chi connectivity index (χ2v) is 11.2. The van der Waals surface area contributed by atoms with Gasteiger partial charge in [-0.15, -0.1) is 0 Å². The van der Waals surface area contributed by atoms with Crippen LogP contribution >= 0.6 is 19.2 Å². The molecule has 2 aromatic heterocycles. The van der Waals surface area contributed by atoms with E-state index in [4.69, 9.17) is 21.1 Å². The molecule has 16 heteroatoms. The Morgan fingerprint density at radius 3 is 2.57 bits per heavy atom. The summed E-state index contributed by atoms with van der Waals surface area (Å²) in [6, 6.07) is 0.205. The van der Waals surface area contributed by atoms with E-state index in [-0.39, 0.29) is 17.0 Å². The number of hydrogen-bond donors (Lipinski definition) is 7. The molecule has 2 aliphatic rings. The Hall–Kier alpha value is -1.45. The molecule has 1 aliphatic heterocycles. The summed E-state index contributed by atoms with van der Waals surface area (Å²) in [5.74, 6) is 0.929. The summed E-state index contributed by atoms with van der Waals surface area (Å²) in [4.78, 5) is 27.4. The summed E-state index contributed by atoms with van der Waals surface area (Å²) in [5, 5.41) is 45.5. The Morgan fingerprint density at radius 2 is 1.97 bits per heavy atom. The average molecular weight is 538 g/mol. The predicted octanol–water partition coefficient (Wildman–Crippen LogP) is -0.425. The van der Waals surface area contributed by atoms with Crippen LogP contribution in [0, 0.1) is 5.92 Å². The number of anilines is 1. The predicted molar refractivity (Wildman–Crippen MR) is 122 cm³/mol. The molecule has 1 saturated heterocycles. The first-order valence-electron chi connectivity index (χ1n) is 11.1. The van der Waals surface area contributed by atoms with Crippen molar-refractivity contribution in [1.29, 1.82) is 0 Å². The molecule has 3 heterocycles. The Labute approximate surface area is 205 Å². The van der Waals surface area contributed by atoms with Crippen molar-refractivity contribution in [2.75, 3.05) is 25.1 Å². The molecule has 0 aromatic carbocycles. The molecule has 196 valence electrons. The summed E-state index contributed by atoms with van der Waals surface area (Å²) in [6.07, 6.45) is -0.914. The normalized spacial score (nSPS) is 29.8. The van der Waals surface area contributed by atoms with Crippen LogP contribution in [0.4, 0.5) is 5.82 Å². The van der Waals surface area contributed by atoms with E-state index in [2.05, 4.69) is 27.3 Å². The Morgan fingerprint density at radius 1 is 1.26 bits per heavy atom. The minimum Gasteiger partial charge on any atom is -0.393 e. The molecule has 14 nitrogen and oxygen atoms in total. The van der Waals surface area contributed by atoms with E-state index in [9.17, 15) is 34.8 Å². The molecule has 2 aromatic rings. The van der Waals surface area contributed by atoms with Crippen LogP contribution in [0.15, 0.2) is 6.20 Å². The van der Waals surface area contributed by atoms with Crippen LogP contribution in [0.2, 0.25) is 5.28 Å². The van der Waals surface area contributed by atoms with Gasteiger partial charge in [0.05, 0.1) is 31.4 Å². The number of halogens is 1. The second-order valence-electron chi connectivity index (χ2n) is 8.99. The summed E-state index contributed by atoms with van der Waals surface area (Å²) < 4.78 is 23.8. The summed E-state index contributed by atoms with van der Waals surface area (Å²) in [7, 11) is -5.10. The maximum absolute atomic E-state index is 11.7. The van der Waals surface area contributed by atoms with E-state index in [1.807, 2.05) is 0 Å². The molecule has 0 amide bonds. The third-order valence-corrected chi connectivity index (χ3v) is 8.37. The standard InChI is InChI=1S/C19H29ClN5O9P/c1-9-3-2-4-11(9)22-15-10-5-21-25(16(10)24-18(20)23-15)17-14(29)13(28)12(34-17)6-33-19(7-26,8-27)35(30,31)32/h5,9,11-14,17,26-29H,2-4,6-8H2,1H3,(H,22,23,24)(H2,30,31,32)/t9-,11+,12?,13-,14-,17-/m1/s1. The molecule has 2 fully saturated rings. The van der Waals surface area contributed by atoms with Gasteiger partial charge in [-0.25, -0.2) is 4.68 Å². The van der Waals surface area contributed by atoms with Crippen molar-refractivity contribution >= 4 is 36.0 Å². The topological polar surface area (TPSA) is 213 Å². The van der Waals surface area contributed by atoms with Crippen LogP contribution in [-0.4, -0.2) is 99.5 Å². The van der Waals surface area contributed by atoms with Gasteiger partial charge in [0.1, 0.15) is 24.1 Å². The number of nitrogens with zero attached hydrogens (tertiary/aromatic N) is 4. The third kappa shape index (κ3) is 4.92. The average Bonchev–Trinajstić information content (AvgIpc) is 3.47. The highest BCUT2D eigenvalue weighted by molar-refractivity contribution is 7.53. The molecule has 1 unspecified atom stereocenters. The van der Waals surface area contributed by atoms with Crippen LogP contribution in [-0.2, 0) is 14.0 Å². The highest BCUT2D eigenvalue weighted by atomic mass is 35.5. The van der Waals surface area contributed by atoms with Crippen LogP contribution in [0.5, 0.6) is 0 Å². The fraction of sp³-hybridized carbons (Fsp3) is 0.737. The number of aliphatic hydroxyl groups excluding tert-OH is 4. The van der Waals surface area contributed by atoms with Crippen LogP contribution < -0.4 is 5.32 Å². The fourth-order valence-electron chi connectivity index (χ4n) is 4.45. The third-order valence-electron chi connectivity index (χ3n) is 6.73. The van der Waals surface area contributed by atoms with Gasteiger partial charge in [-0.2, -0.15) is 15.1 Å². The number of rotatable bonds is 9. The fourth-order valence-corrected chi connectivity index (χ4v) is 5.22. The van der Waals surface area contributed by atoms with Gasteiger partial charge in [0.2, 0.25) is 10.6 Å². The molecule has 35 heavy (non-hydrogen) atoms. The smallest absolute Gasteiger partial charge is 0.361 e. The maximum Gasteiger partial charge on any atom is 0.361 e. The summed E-state index contributed by atoms with van der Waals surface area (Å²) >= 11 is 6.15. The molecule has 0 radical (unpaired) electrons. The van der Waals surface area contributed by atoms with Crippen molar-refractivity contribution in [2.45, 2.75) is 62.1 Å². The van der Waals surface area contributed by atoms with E-state index >= 15 is 0 Å². The lowest BCUT2D eigenvalue weighted by molar-refractivity contribution is -0.121. The van der Waals surface area contributed by atoms with Crippen molar-refractivity contribution in [2.24, 2.45) is 5.92 Å². The first-order chi connectivity index (χ1) is 16.5. The first kappa shape index (κ1) is 26.6. The number of aliphatic hydroxyl groups is 4. The zero-order valence-electron chi connectivity index (χ0n) is 18.8. The number of hydrogen-bond acceptors (Lipinski definition) is 11. The van der Waals surface area contributed by atoms with Gasteiger partial charge < -0.3 is 45.0 Å². The van der Waals surface area contributed by atoms with Gasteiger partial charge in [-0.3, -0.25) is 4.57 Å². The van der Waals surface area contributed by atoms with E-state index < -0.39 is 57.3 Å². The molecular formula is C19H29ClN5O9P. The van der Waals surface area contributed by atoms with Crippen LogP contribution in [0.3, 0.4) is 0 Å². The lowest BCUT2D eigenvalue weighted by Gasteiger charge is -2.31. The Bertz CT molecular complexity index is 1100. The summed E-state index contributed by atoms with van der Waals surface area (Å²) in [5.41, 5.74) is 0.242. The number of fused-ring (bicyclic) bond motifs is 1. The zero-order valence-corrected chi connectivity index (χ0v) is 20.5. The van der Waals surface area contributed by atoms with E-state index in [1.165, 1.54) is 10.9 Å². The number of aromatic nitrogens is 4. The lowest BCUT2D eigenvalue weighted by atomic mass is 10.1. The molecule has 1 aliphatic carbocycles. The van der Waals surface area contributed by atoms with Gasteiger partial charge in [0, 0.05) is 6.04 Å². The lowest BCUT2D eigenvalue weighted by Crippen LogP contribution is -2.44. The van der Waals surface area contributed by atoms with E-state index in [1.54, 1.807) is 0 Å². The summed E-state index contributed by atoms with van der Waals surface area (Å²) in [6.45, 7) is -0.869. The highest BCUT2D eigenvalue weighted by Gasteiger charge is 2.51. The molecular weight excluding hydrogens is 509 g/mol. The van der Waals surface area contributed by atoms with Crippen LogP contribution in [0.25, 0.3) is 11.0 Å². The van der Waals surface area contributed by atoms with Gasteiger partial charge in [0.15, 0.2) is 11.9 Å². The number of ether oxygens (including phenoxy) is 2. The van der Waals surface area contributed by atoms with Crippen molar-refractivity contribution in [3.63, 3.8) is 0 Å². The van der Waals surface area contributed by atoms with E-state index in [0.717, 1.165) is 19.3 Å². The van der Waals surface area contributed by atoms with Crippen LogP contribution in [0.1, 0.15) is 32.4 Å². The molecule has 0 spiro atoms. The zero-order chi connectivity index (χ0) is 25.5. The van der Waals surface area contributed by atoms with Gasteiger partial charge >= 0.3 is 7.60 Å². The molecule has 7 N–H and O–H groups in total. The molecule has 0 bridgehead atoms. The van der Waals surface area contributed by atoms with Crippen molar-refractivity contribution in [3.05, 3.63) is 11.5 Å². The van der Waals surface area contributed by atoms with Gasteiger partial charge in [-0.1, -0.05) is 13.3 Å². The monoisotopic (exact) mass is 537 g/mol. The molecule has 6 atom stereocenters. The first-order valence-corrected chi connectivity index (χ1v) is 13.1. The minimum absolute atomic E-state index is 0.0577. The molecule has 1 saturated carbocycles. The molecule has 4 rings (SSSR count).